The number of nitrogens with zero attached hydrogens (tertiary/aromatic N) is 2. The predicted octanol–water partition coefficient (Wildman–Crippen LogP) is 2.18. The molecule has 0 unspecified atom stereocenters. The Hall–Kier alpha value is -1.36. The summed E-state index contributed by atoms with van der Waals surface area (Å²) in [6, 6.07) is 1.96. The standard InChI is InChI=1S/C14H24N4O/c1-3-7-15-12-9-13(18-11(2)17-12)16-10-14(4-5-14)6-8-19/h9,19H,3-8,10H2,1-2H3,(H2,15,16,17,18). The second kappa shape index (κ2) is 6.19. The zero-order chi connectivity index (χ0) is 13.7. The molecule has 19 heavy (non-hydrogen) atoms. The Bertz CT molecular complexity index is 418. The summed E-state index contributed by atoms with van der Waals surface area (Å²) in [5, 5.41) is 15.7. The summed E-state index contributed by atoms with van der Waals surface area (Å²) in [5.74, 6) is 2.52. The minimum absolute atomic E-state index is 0.272. The summed E-state index contributed by atoms with van der Waals surface area (Å²) < 4.78 is 0. The van der Waals surface area contributed by atoms with Crippen LogP contribution < -0.4 is 10.6 Å². The van der Waals surface area contributed by atoms with Gasteiger partial charge in [-0.1, -0.05) is 6.92 Å². The Balaban J connectivity index is 1.94. The summed E-state index contributed by atoms with van der Waals surface area (Å²) in [7, 11) is 0. The molecular weight excluding hydrogens is 240 g/mol. The molecule has 1 saturated carbocycles. The van der Waals surface area contributed by atoms with Crippen LogP contribution in [-0.4, -0.2) is 34.8 Å². The summed E-state index contributed by atoms with van der Waals surface area (Å²) in [4.78, 5) is 8.77. The van der Waals surface area contributed by atoms with E-state index in [-0.39, 0.29) is 6.61 Å². The van der Waals surface area contributed by atoms with Crippen LogP contribution in [0.15, 0.2) is 6.07 Å². The van der Waals surface area contributed by atoms with E-state index >= 15 is 0 Å². The predicted molar refractivity (Wildman–Crippen MR) is 77.4 cm³/mol. The quantitative estimate of drug-likeness (QED) is 0.671. The lowest BCUT2D eigenvalue weighted by atomic mass is 10.0. The molecule has 1 heterocycles. The first-order valence-electron chi connectivity index (χ1n) is 7.12. The molecule has 0 saturated heterocycles. The maximum absolute atomic E-state index is 9.06. The Kier molecular flexibility index (Phi) is 4.58. The number of aromatic nitrogens is 2. The third kappa shape index (κ3) is 4.06. The molecule has 1 aromatic heterocycles. The van der Waals surface area contributed by atoms with Gasteiger partial charge >= 0.3 is 0 Å². The Morgan fingerprint density at radius 2 is 1.95 bits per heavy atom. The topological polar surface area (TPSA) is 70.1 Å². The smallest absolute Gasteiger partial charge is 0.131 e. The van der Waals surface area contributed by atoms with Crippen molar-refractivity contribution in [3.8, 4) is 0 Å². The van der Waals surface area contributed by atoms with Crippen molar-refractivity contribution in [2.45, 2.75) is 39.5 Å². The molecular formula is C14H24N4O. The second-order valence-corrected chi connectivity index (χ2v) is 5.44. The fourth-order valence-corrected chi connectivity index (χ4v) is 2.21. The van der Waals surface area contributed by atoms with Crippen molar-refractivity contribution in [1.82, 2.24) is 9.97 Å². The van der Waals surface area contributed by atoms with Crippen LogP contribution in [0.3, 0.4) is 0 Å². The monoisotopic (exact) mass is 264 g/mol. The van der Waals surface area contributed by atoms with Gasteiger partial charge in [-0.3, -0.25) is 0 Å². The fraction of sp³-hybridized carbons (Fsp3) is 0.714. The molecule has 1 fully saturated rings. The zero-order valence-corrected chi connectivity index (χ0v) is 11.9. The highest BCUT2D eigenvalue weighted by atomic mass is 16.3. The molecule has 0 amide bonds. The van der Waals surface area contributed by atoms with Crippen LogP contribution in [0.25, 0.3) is 0 Å². The lowest BCUT2D eigenvalue weighted by molar-refractivity contribution is 0.253. The number of aliphatic hydroxyl groups is 1. The highest BCUT2D eigenvalue weighted by molar-refractivity contribution is 5.47. The molecule has 0 aliphatic heterocycles. The molecule has 1 aromatic rings. The van der Waals surface area contributed by atoms with E-state index in [1.165, 1.54) is 12.8 Å². The number of rotatable bonds is 8. The highest BCUT2D eigenvalue weighted by Crippen LogP contribution is 2.48. The van der Waals surface area contributed by atoms with Crippen LogP contribution in [0.5, 0.6) is 0 Å². The van der Waals surface area contributed by atoms with Gasteiger partial charge in [-0.15, -0.1) is 0 Å². The number of hydrogen-bond donors (Lipinski definition) is 3. The minimum Gasteiger partial charge on any atom is -0.396 e. The van der Waals surface area contributed by atoms with E-state index in [2.05, 4.69) is 27.5 Å². The van der Waals surface area contributed by atoms with Crippen molar-refractivity contribution < 1.29 is 5.11 Å². The lowest BCUT2D eigenvalue weighted by Crippen LogP contribution is -2.18. The number of aliphatic hydroxyl groups excluding tert-OH is 1. The first-order chi connectivity index (χ1) is 9.17. The minimum atomic E-state index is 0.272. The summed E-state index contributed by atoms with van der Waals surface area (Å²) in [5.41, 5.74) is 0.296. The molecule has 0 bridgehead atoms. The van der Waals surface area contributed by atoms with E-state index in [0.29, 0.717) is 5.41 Å². The number of hydrogen-bond acceptors (Lipinski definition) is 5. The zero-order valence-electron chi connectivity index (χ0n) is 11.9. The van der Waals surface area contributed by atoms with E-state index in [1.807, 2.05) is 13.0 Å². The number of nitrogens with one attached hydrogen (secondary N) is 2. The Morgan fingerprint density at radius 1 is 1.26 bits per heavy atom. The molecule has 2 rings (SSSR count). The molecule has 0 radical (unpaired) electrons. The molecule has 5 heteroatoms. The molecule has 0 spiro atoms. The number of anilines is 2. The average molecular weight is 264 g/mol. The van der Waals surface area contributed by atoms with Gasteiger partial charge in [0.25, 0.3) is 0 Å². The van der Waals surface area contributed by atoms with Crippen molar-refractivity contribution in [1.29, 1.82) is 0 Å². The first kappa shape index (κ1) is 14.1. The van der Waals surface area contributed by atoms with Gasteiger partial charge in [0.05, 0.1) is 0 Å². The fourth-order valence-electron chi connectivity index (χ4n) is 2.21. The third-order valence-electron chi connectivity index (χ3n) is 3.64. The molecule has 1 aliphatic rings. The largest absolute Gasteiger partial charge is 0.396 e. The van der Waals surface area contributed by atoms with Gasteiger partial charge in [0.1, 0.15) is 17.5 Å². The molecule has 5 nitrogen and oxygen atoms in total. The van der Waals surface area contributed by atoms with E-state index < -0.39 is 0 Å². The molecule has 0 atom stereocenters. The van der Waals surface area contributed by atoms with Gasteiger partial charge in [-0.05, 0) is 38.0 Å². The summed E-state index contributed by atoms with van der Waals surface area (Å²) in [6.07, 6.45) is 4.35. The van der Waals surface area contributed by atoms with Gasteiger partial charge < -0.3 is 15.7 Å². The highest BCUT2D eigenvalue weighted by Gasteiger charge is 2.41. The second-order valence-electron chi connectivity index (χ2n) is 5.44. The van der Waals surface area contributed by atoms with E-state index in [9.17, 15) is 0 Å². The van der Waals surface area contributed by atoms with Crippen LogP contribution in [0.1, 0.15) is 38.4 Å². The van der Waals surface area contributed by atoms with Crippen molar-refractivity contribution in [2.75, 3.05) is 30.3 Å². The lowest BCUT2D eigenvalue weighted by Gasteiger charge is -2.15. The van der Waals surface area contributed by atoms with Crippen molar-refractivity contribution >= 4 is 11.6 Å². The normalized spacial score (nSPS) is 16.2. The van der Waals surface area contributed by atoms with E-state index in [4.69, 9.17) is 5.11 Å². The molecule has 3 N–H and O–H groups in total. The van der Waals surface area contributed by atoms with Crippen LogP contribution in [0.4, 0.5) is 11.6 Å². The SMILES string of the molecule is CCCNc1cc(NCC2(CCO)CC2)nc(C)n1. The molecule has 106 valence electrons. The Labute approximate surface area is 114 Å². The summed E-state index contributed by atoms with van der Waals surface area (Å²) in [6.45, 7) is 6.12. The van der Waals surface area contributed by atoms with Gasteiger partial charge in [0.15, 0.2) is 0 Å². The summed E-state index contributed by atoms with van der Waals surface area (Å²) >= 11 is 0. The van der Waals surface area contributed by atoms with E-state index in [0.717, 1.165) is 43.4 Å². The molecule has 1 aliphatic carbocycles. The first-order valence-corrected chi connectivity index (χ1v) is 7.12. The van der Waals surface area contributed by atoms with Gasteiger partial charge in [0, 0.05) is 25.8 Å². The number of aryl methyl sites for hydroxylation is 1. The van der Waals surface area contributed by atoms with Crippen molar-refractivity contribution in [3.63, 3.8) is 0 Å². The Morgan fingerprint density at radius 3 is 2.53 bits per heavy atom. The van der Waals surface area contributed by atoms with Crippen molar-refractivity contribution in [3.05, 3.63) is 11.9 Å². The van der Waals surface area contributed by atoms with Crippen LogP contribution in [0, 0.1) is 12.3 Å². The van der Waals surface area contributed by atoms with Crippen LogP contribution in [0.2, 0.25) is 0 Å². The van der Waals surface area contributed by atoms with Crippen LogP contribution >= 0.6 is 0 Å². The van der Waals surface area contributed by atoms with Crippen molar-refractivity contribution in [2.24, 2.45) is 5.41 Å². The molecule has 0 aromatic carbocycles. The van der Waals surface area contributed by atoms with Crippen LogP contribution in [-0.2, 0) is 0 Å². The van der Waals surface area contributed by atoms with Gasteiger partial charge in [-0.2, -0.15) is 0 Å². The average Bonchev–Trinajstić information content (AvgIpc) is 3.14. The van der Waals surface area contributed by atoms with E-state index in [1.54, 1.807) is 0 Å². The third-order valence-corrected chi connectivity index (χ3v) is 3.64. The maximum atomic E-state index is 9.06. The maximum Gasteiger partial charge on any atom is 0.131 e. The van der Waals surface area contributed by atoms with Gasteiger partial charge in [-0.25, -0.2) is 9.97 Å². The van der Waals surface area contributed by atoms with Gasteiger partial charge in [0.2, 0.25) is 0 Å².